The van der Waals surface area contributed by atoms with Crippen LogP contribution in [0.3, 0.4) is 0 Å². The predicted molar refractivity (Wildman–Crippen MR) is 122 cm³/mol. The first kappa shape index (κ1) is 25.6. The molecule has 5 nitrogen and oxygen atoms in total. The molecule has 2 rings (SSSR count). The molecule has 6 heteroatoms. The number of aliphatic hydroxyl groups is 1. The van der Waals surface area contributed by atoms with E-state index in [1.54, 1.807) is 0 Å². The second-order valence-electron chi connectivity index (χ2n) is 7.76. The average Bonchev–Trinajstić information content (AvgIpc) is 2.88. The van der Waals surface area contributed by atoms with Crippen molar-refractivity contribution in [3.63, 3.8) is 0 Å². The Hall–Kier alpha value is -0.630. The Kier molecular flexibility index (Phi) is 13.0. The molecule has 1 heterocycles. The normalized spacial score (nSPS) is 27.1. The smallest absolute Gasteiger partial charge is 0.136 e. The van der Waals surface area contributed by atoms with Gasteiger partial charge in [-0.25, -0.2) is 0 Å². The van der Waals surface area contributed by atoms with Gasteiger partial charge in [-0.05, 0) is 31.4 Å². The van der Waals surface area contributed by atoms with E-state index in [0.29, 0.717) is 26.4 Å². The molecule has 0 aliphatic carbocycles. The SMILES string of the molecule is CCCCOC1C(O)[C@@H](Sc2ccccc2)OC[C@@H](OCCCC)[C@H]1OCCCC. The molecule has 0 spiro atoms. The number of aliphatic hydroxyl groups excluding tert-OH is 1. The highest BCUT2D eigenvalue weighted by Gasteiger charge is 2.44. The molecule has 0 radical (unpaired) electrons. The van der Waals surface area contributed by atoms with Gasteiger partial charge in [0, 0.05) is 24.7 Å². The molecular weight excluding hydrogens is 400 g/mol. The van der Waals surface area contributed by atoms with E-state index in [9.17, 15) is 5.11 Å². The van der Waals surface area contributed by atoms with Crippen LogP contribution in [0.5, 0.6) is 0 Å². The summed E-state index contributed by atoms with van der Waals surface area (Å²) >= 11 is 1.53. The van der Waals surface area contributed by atoms with E-state index >= 15 is 0 Å². The van der Waals surface area contributed by atoms with E-state index in [-0.39, 0.29) is 12.2 Å². The van der Waals surface area contributed by atoms with E-state index in [1.807, 2.05) is 30.3 Å². The Labute approximate surface area is 186 Å². The molecule has 1 aromatic rings. The summed E-state index contributed by atoms with van der Waals surface area (Å²) in [5.41, 5.74) is -0.434. The molecular formula is C24H40O5S. The number of benzene rings is 1. The summed E-state index contributed by atoms with van der Waals surface area (Å²) in [4.78, 5) is 1.06. The number of ether oxygens (including phenoxy) is 4. The number of hydrogen-bond acceptors (Lipinski definition) is 6. The Bertz CT molecular complexity index is 544. The summed E-state index contributed by atoms with van der Waals surface area (Å²) in [5, 5.41) is 11.3. The molecule has 1 aliphatic rings. The lowest BCUT2D eigenvalue weighted by atomic mass is 10.0. The van der Waals surface area contributed by atoms with Gasteiger partial charge < -0.3 is 24.1 Å². The molecule has 30 heavy (non-hydrogen) atoms. The van der Waals surface area contributed by atoms with Gasteiger partial charge >= 0.3 is 0 Å². The van der Waals surface area contributed by atoms with Gasteiger partial charge in [-0.2, -0.15) is 0 Å². The van der Waals surface area contributed by atoms with Crippen LogP contribution in [0.1, 0.15) is 59.3 Å². The fourth-order valence-electron chi connectivity index (χ4n) is 3.33. The van der Waals surface area contributed by atoms with Crippen LogP contribution in [0.25, 0.3) is 0 Å². The predicted octanol–water partition coefficient (Wildman–Crippen LogP) is 5.05. The molecule has 172 valence electrons. The third-order valence-electron chi connectivity index (χ3n) is 5.17. The molecule has 0 saturated carbocycles. The fraction of sp³-hybridized carbons (Fsp3) is 0.750. The second kappa shape index (κ2) is 15.2. The van der Waals surface area contributed by atoms with Gasteiger partial charge in [0.15, 0.2) is 0 Å². The van der Waals surface area contributed by atoms with Crippen LogP contribution in [0.15, 0.2) is 35.2 Å². The molecule has 5 atom stereocenters. The zero-order chi connectivity index (χ0) is 21.6. The monoisotopic (exact) mass is 440 g/mol. The van der Waals surface area contributed by atoms with Crippen LogP contribution < -0.4 is 0 Å². The summed E-state index contributed by atoms with van der Waals surface area (Å²) < 4.78 is 24.8. The highest BCUT2D eigenvalue weighted by Crippen LogP contribution is 2.33. The molecule has 1 N–H and O–H groups in total. The van der Waals surface area contributed by atoms with Crippen molar-refractivity contribution in [2.45, 2.75) is 94.0 Å². The summed E-state index contributed by atoms with van der Waals surface area (Å²) in [7, 11) is 0. The number of unbranched alkanes of at least 4 members (excludes halogenated alkanes) is 3. The first-order valence-electron chi connectivity index (χ1n) is 11.6. The molecule has 2 unspecified atom stereocenters. The van der Waals surface area contributed by atoms with Crippen molar-refractivity contribution in [2.75, 3.05) is 26.4 Å². The van der Waals surface area contributed by atoms with Crippen LogP contribution in [0, 0.1) is 0 Å². The van der Waals surface area contributed by atoms with Crippen LogP contribution in [0.4, 0.5) is 0 Å². The minimum atomic E-state index is -0.807. The number of thioether (sulfide) groups is 1. The minimum absolute atomic E-state index is 0.254. The Morgan fingerprint density at radius 3 is 2.03 bits per heavy atom. The molecule has 0 amide bonds. The molecule has 1 fully saturated rings. The Balaban J connectivity index is 2.19. The molecule has 1 aliphatic heterocycles. The lowest BCUT2D eigenvalue weighted by molar-refractivity contribution is -0.159. The molecule has 0 aromatic heterocycles. The zero-order valence-corrected chi connectivity index (χ0v) is 19.6. The lowest BCUT2D eigenvalue weighted by Gasteiger charge is -2.33. The van der Waals surface area contributed by atoms with E-state index in [1.165, 1.54) is 11.8 Å². The van der Waals surface area contributed by atoms with Gasteiger partial charge in [-0.1, -0.05) is 70.0 Å². The Morgan fingerprint density at radius 2 is 1.43 bits per heavy atom. The van der Waals surface area contributed by atoms with E-state index in [4.69, 9.17) is 18.9 Å². The summed E-state index contributed by atoms with van der Waals surface area (Å²) in [6.07, 6.45) is 4.19. The van der Waals surface area contributed by atoms with Gasteiger partial charge in [0.2, 0.25) is 0 Å². The maximum absolute atomic E-state index is 11.3. The first-order valence-corrected chi connectivity index (χ1v) is 12.4. The van der Waals surface area contributed by atoms with Crippen molar-refractivity contribution in [1.29, 1.82) is 0 Å². The fourth-order valence-corrected chi connectivity index (χ4v) is 4.35. The van der Waals surface area contributed by atoms with Crippen LogP contribution >= 0.6 is 11.8 Å². The minimum Gasteiger partial charge on any atom is -0.387 e. The van der Waals surface area contributed by atoms with Crippen molar-refractivity contribution in [3.05, 3.63) is 30.3 Å². The summed E-state index contributed by atoms with van der Waals surface area (Å²) in [6, 6.07) is 10.0. The van der Waals surface area contributed by atoms with Crippen LogP contribution in [-0.4, -0.2) is 61.4 Å². The van der Waals surface area contributed by atoms with E-state index < -0.39 is 17.6 Å². The highest BCUT2D eigenvalue weighted by atomic mass is 32.2. The van der Waals surface area contributed by atoms with Crippen molar-refractivity contribution in [3.8, 4) is 0 Å². The zero-order valence-electron chi connectivity index (χ0n) is 18.8. The van der Waals surface area contributed by atoms with E-state index in [0.717, 1.165) is 43.4 Å². The second-order valence-corrected chi connectivity index (χ2v) is 8.94. The van der Waals surface area contributed by atoms with Gasteiger partial charge in [0.25, 0.3) is 0 Å². The third-order valence-corrected chi connectivity index (χ3v) is 6.36. The Morgan fingerprint density at radius 1 is 0.867 bits per heavy atom. The number of hydrogen-bond donors (Lipinski definition) is 1. The van der Waals surface area contributed by atoms with Crippen molar-refractivity contribution >= 4 is 11.8 Å². The lowest BCUT2D eigenvalue weighted by Crippen LogP contribution is -2.49. The van der Waals surface area contributed by atoms with E-state index in [2.05, 4.69) is 20.8 Å². The molecule has 0 bridgehead atoms. The van der Waals surface area contributed by atoms with Crippen molar-refractivity contribution in [2.24, 2.45) is 0 Å². The van der Waals surface area contributed by atoms with Crippen molar-refractivity contribution < 1.29 is 24.1 Å². The topological polar surface area (TPSA) is 57.2 Å². The van der Waals surface area contributed by atoms with Gasteiger partial charge in [-0.15, -0.1) is 0 Å². The quantitative estimate of drug-likeness (QED) is 0.409. The molecule has 1 aromatic carbocycles. The van der Waals surface area contributed by atoms with Gasteiger partial charge in [-0.3, -0.25) is 0 Å². The van der Waals surface area contributed by atoms with Crippen LogP contribution in [0.2, 0.25) is 0 Å². The van der Waals surface area contributed by atoms with Gasteiger partial charge in [0.1, 0.15) is 29.9 Å². The third kappa shape index (κ3) is 8.48. The maximum atomic E-state index is 11.3. The first-order chi connectivity index (χ1) is 14.7. The standard InChI is InChI=1S/C24H40O5S/c1-4-7-15-26-20-18-29-24(30-19-13-11-10-12-14-19)21(25)23(28-17-9-6-3)22(20)27-16-8-5-2/h10-14,20-25H,4-9,15-18H2,1-3H3/t20-,21?,22-,23?,24-/m1/s1. The highest BCUT2D eigenvalue weighted by molar-refractivity contribution is 7.99. The largest absolute Gasteiger partial charge is 0.387 e. The average molecular weight is 441 g/mol. The van der Waals surface area contributed by atoms with Gasteiger partial charge in [0.05, 0.1) is 6.61 Å². The maximum Gasteiger partial charge on any atom is 0.136 e. The summed E-state index contributed by atoms with van der Waals surface area (Å²) in [6.45, 7) is 8.69. The van der Waals surface area contributed by atoms with Crippen molar-refractivity contribution in [1.82, 2.24) is 0 Å². The van der Waals surface area contributed by atoms with Crippen LogP contribution in [-0.2, 0) is 18.9 Å². The molecule has 1 saturated heterocycles. The number of rotatable bonds is 14. The summed E-state index contributed by atoms with van der Waals surface area (Å²) in [5.74, 6) is 0.